The Morgan fingerprint density at radius 3 is 2.12 bits per heavy atom. The van der Waals surface area contributed by atoms with Crippen molar-refractivity contribution in [1.82, 2.24) is 10.2 Å². The van der Waals surface area contributed by atoms with Gasteiger partial charge in [0.05, 0.1) is 46.2 Å². The van der Waals surface area contributed by atoms with E-state index >= 15 is 0 Å². The zero-order valence-electron chi connectivity index (χ0n) is 13.8. The van der Waals surface area contributed by atoms with E-state index in [-0.39, 0.29) is 30.9 Å². The Balaban J connectivity index is 1.82. The number of allylic oxidation sites excluding steroid dienone is 1. The zero-order valence-corrected chi connectivity index (χ0v) is 13.8. The van der Waals surface area contributed by atoms with Crippen LogP contribution in [-0.4, -0.2) is 81.6 Å². The lowest BCUT2D eigenvalue weighted by molar-refractivity contribution is -0.137. The summed E-state index contributed by atoms with van der Waals surface area (Å²) < 4.78 is 15.8. The lowest BCUT2D eigenvalue weighted by Gasteiger charge is -2.13. The summed E-state index contributed by atoms with van der Waals surface area (Å²) in [5.41, 5.74) is 0. The van der Waals surface area contributed by atoms with Gasteiger partial charge in [-0.25, -0.2) is 0 Å². The Labute approximate surface area is 145 Å². The molecule has 0 aromatic carbocycles. The second kappa shape index (κ2) is 13.0. The van der Waals surface area contributed by atoms with Crippen molar-refractivity contribution in [3.63, 3.8) is 0 Å². The van der Waals surface area contributed by atoms with Crippen molar-refractivity contribution < 1.29 is 33.4 Å². The molecule has 0 bridgehead atoms. The maximum absolute atomic E-state index is 11.3. The van der Waals surface area contributed by atoms with Crippen molar-refractivity contribution in [2.75, 3.05) is 52.7 Å². The van der Waals surface area contributed by atoms with Crippen LogP contribution >= 0.6 is 0 Å². The monoisotopic (exact) mass is 354 g/mol. The Bertz CT molecular complexity index is 499. The summed E-state index contributed by atoms with van der Waals surface area (Å²) in [5.74, 6) is -0.992. The van der Waals surface area contributed by atoms with E-state index < -0.39 is 0 Å². The van der Waals surface area contributed by atoms with E-state index in [9.17, 15) is 19.2 Å². The number of hydrogen-bond donors (Lipinski definition) is 1. The third kappa shape index (κ3) is 9.50. The average molecular weight is 354 g/mol. The summed E-state index contributed by atoms with van der Waals surface area (Å²) in [4.78, 5) is 44.7. The van der Waals surface area contributed by atoms with Gasteiger partial charge in [-0.1, -0.05) is 0 Å². The number of hydrogen-bond acceptors (Lipinski definition) is 7. The second-order valence-electron chi connectivity index (χ2n) is 4.78. The fourth-order valence-electron chi connectivity index (χ4n) is 1.78. The second-order valence-corrected chi connectivity index (χ2v) is 4.78. The summed E-state index contributed by atoms with van der Waals surface area (Å²) in [5, 5.41) is 2.55. The molecule has 0 saturated heterocycles. The molecule has 1 rings (SSSR count). The molecule has 0 aromatic rings. The molecule has 9 nitrogen and oxygen atoms in total. The number of carbonyl (C=O) groups is 4. The Kier molecular flexibility index (Phi) is 10.7. The van der Waals surface area contributed by atoms with Crippen LogP contribution in [0.2, 0.25) is 0 Å². The van der Waals surface area contributed by atoms with Gasteiger partial charge in [0.2, 0.25) is 5.91 Å². The third-order valence-corrected chi connectivity index (χ3v) is 2.98. The fourth-order valence-corrected chi connectivity index (χ4v) is 1.78. The molecule has 1 N–H and O–H groups in total. The molecule has 0 aromatic heterocycles. The predicted octanol–water partition coefficient (Wildman–Crippen LogP) is -1.17. The van der Waals surface area contributed by atoms with Crippen LogP contribution in [0.1, 0.15) is 0 Å². The van der Waals surface area contributed by atoms with Crippen LogP contribution in [0.4, 0.5) is 0 Å². The van der Waals surface area contributed by atoms with Crippen LogP contribution in [0.3, 0.4) is 0 Å². The Hall–Kier alpha value is -2.36. The summed E-state index contributed by atoms with van der Waals surface area (Å²) in [6, 6.07) is 0. The van der Waals surface area contributed by atoms with E-state index in [1.807, 2.05) is 0 Å². The summed E-state index contributed by atoms with van der Waals surface area (Å²) in [6.07, 6.45) is 5.25. The quantitative estimate of drug-likeness (QED) is 0.181. The van der Waals surface area contributed by atoms with E-state index in [0.29, 0.717) is 45.9 Å². The molecule has 0 spiro atoms. The molecule has 138 valence electrons. The molecule has 0 fully saturated rings. The molecule has 0 aliphatic carbocycles. The van der Waals surface area contributed by atoms with Gasteiger partial charge < -0.3 is 19.5 Å². The number of nitrogens with zero attached hydrogens (tertiary/aromatic N) is 1. The molecule has 1 aliphatic rings. The molecular formula is C16H22N2O7. The minimum absolute atomic E-state index is 0.224. The molecule has 3 amide bonds. The molecule has 0 radical (unpaired) electrons. The van der Waals surface area contributed by atoms with E-state index in [4.69, 9.17) is 14.2 Å². The van der Waals surface area contributed by atoms with Crippen molar-refractivity contribution in [3.8, 4) is 0 Å². The SMILES string of the molecule is O=C/C=C\C(=O)NCCOCCOCCOCCN1C(=O)C=CC1=O. The molecular weight excluding hydrogens is 332 g/mol. The van der Waals surface area contributed by atoms with Gasteiger partial charge in [0.15, 0.2) is 0 Å². The van der Waals surface area contributed by atoms with Crippen LogP contribution in [0.15, 0.2) is 24.3 Å². The first kappa shape index (κ1) is 20.7. The molecule has 0 unspecified atom stereocenters. The van der Waals surface area contributed by atoms with Crippen molar-refractivity contribution >= 4 is 24.0 Å². The average Bonchev–Trinajstić information content (AvgIpc) is 2.92. The maximum atomic E-state index is 11.3. The Morgan fingerprint density at radius 1 is 0.960 bits per heavy atom. The first-order valence-electron chi connectivity index (χ1n) is 7.81. The van der Waals surface area contributed by atoms with Crippen molar-refractivity contribution in [2.24, 2.45) is 0 Å². The van der Waals surface area contributed by atoms with Gasteiger partial charge in [0, 0.05) is 24.8 Å². The lowest BCUT2D eigenvalue weighted by Crippen LogP contribution is -2.33. The number of rotatable bonds is 14. The number of imide groups is 1. The largest absolute Gasteiger partial charge is 0.377 e. The van der Waals surface area contributed by atoms with Crippen LogP contribution in [0.25, 0.3) is 0 Å². The van der Waals surface area contributed by atoms with E-state index in [1.54, 1.807) is 0 Å². The highest BCUT2D eigenvalue weighted by Gasteiger charge is 2.22. The van der Waals surface area contributed by atoms with E-state index in [2.05, 4.69) is 5.32 Å². The number of amides is 3. The lowest BCUT2D eigenvalue weighted by atomic mass is 10.5. The van der Waals surface area contributed by atoms with Gasteiger partial charge >= 0.3 is 0 Å². The summed E-state index contributed by atoms with van der Waals surface area (Å²) >= 11 is 0. The van der Waals surface area contributed by atoms with Crippen LogP contribution in [0, 0.1) is 0 Å². The van der Waals surface area contributed by atoms with Crippen molar-refractivity contribution in [2.45, 2.75) is 0 Å². The minimum atomic E-state index is -0.350. The number of ether oxygens (including phenoxy) is 3. The molecule has 1 aliphatic heterocycles. The van der Waals surface area contributed by atoms with Gasteiger partial charge in [-0.2, -0.15) is 0 Å². The molecule has 9 heteroatoms. The van der Waals surface area contributed by atoms with Crippen LogP contribution in [0.5, 0.6) is 0 Å². The van der Waals surface area contributed by atoms with Crippen LogP contribution in [-0.2, 0) is 33.4 Å². The first-order chi connectivity index (χ1) is 12.1. The first-order valence-corrected chi connectivity index (χ1v) is 7.81. The van der Waals surface area contributed by atoms with Crippen molar-refractivity contribution in [3.05, 3.63) is 24.3 Å². The highest BCUT2D eigenvalue weighted by Crippen LogP contribution is 2.02. The zero-order chi connectivity index (χ0) is 18.3. The summed E-state index contributed by atoms with van der Waals surface area (Å²) in [7, 11) is 0. The summed E-state index contributed by atoms with van der Waals surface area (Å²) in [6.45, 7) is 2.65. The number of carbonyl (C=O) groups excluding carboxylic acids is 4. The van der Waals surface area contributed by atoms with Gasteiger partial charge in [-0.15, -0.1) is 0 Å². The highest BCUT2D eigenvalue weighted by atomic mass is 16.5. The molecule has 0 saturated carbocycles. The Morgan fingerprint density at radius 2 is 1.52 bits per heavy atom. The molecule has 1 heterocycles. The highest BCUT2D eigenvalue weighted by molar-refractivity contribution is 6.12. The fraction of sp³-hybridized carbons (Fsp3) is 0.500. The van der Waals surface area contributed by atoms with Gasteiger partial charge in [-0.3, -0.25) is 24.1 Å². The maximum Gasteiger partial charge on any atom is 0.253 e. The topological polar surface area (TPSA) is 111 Å². The normalized spacial score (nSPS) is 13.8. The predicted molar refractivity (Wildman–Crippen MR) is 86.5 cm³/mol. The number of nitrogens with one attached hydrogen (secondary N) is 1. The minimum Gasteiger partial charge on any atom is -0.377 e. The van der Waals surface area contributed by atoms with Gasteiger partial charge in [0.25, 0.3) is 11.8 Å². The van der Waals surface area contributed by atoms with Gasteiger partial charge in [0.1, 0.15) is 6.29 Å². The van der Waals surface area contributed by atoms with Crippen molar-refractivity contribution in [1.29, 1.82) is 0 Å². The van der Waals surface area contributed by atoms with E-state index in [1.165, 1.54) is 12.2 Å². The standard InChI is InChI=1S/C16H22N2O7/c19-7-1-2-14(20)17-5-8-23-10-12-25-13-11-24-9-6-18-15(21)3-4-16(18)22/h1-4,7H,5-6,8-13H2,(H,17,20)/b2-1-. The molecule has 0 atom stereocenters. The van der Waals surface area contributed by atoms with Gasteiger partial charge in [-0.05, 0) is 6.08 Å². The third-order valence-electron chi connectivity index (χ3n) is 2.98. The molecule has 25 heavy (non-hydrogen) atoms. The smallest absolute Gasteiger partial charge is 0.253 e. The number of aldehydes is 1. The van der Waals surface area contributed by atoms with Crippen LogP contribution < -0.4 is 5.32 Å². The van der Waals surface area contributed by atoms with E-state index in [0.717, 1.165) is 17.1 Å².